The molecule has 0 spiro atoms. The maximum absolute atomic E-state index is 12.0. The highest BCUT2D eigenvalue weighted by Crippen LogP contribution is 2.42. The summed E-state index contributed by atoms with van der Waals surface area (Å²) in [5.41, 5.74) is 0. The Hall–Kier alpha value is -2.03. The Balaban J connectivity index is 3.72. The van der Waals surface area contributed by atoms with Gasteiger partial charge in [-0.25, -0.2) is 4.57 Å². The number of carbonyl (C=O) groups is 2. The zero-order valence-electron chi connectivity index (χ0n) is 28.0. The minimum atomic E-state index is -4.41. The van der Waals surface area contributed by atoms with E-state index in [4.69, 9.17) is 13.8 Å². The molecule has 45 heavy (non-hydrogen) atoms. The average molecular weight is 656 g/mol. The van der Waals surface area contributed by atoms with Gasteiger partial charge in [-0.05, 0) is 64.2 Å². The van der Waals surface area contributed by atoms with E-state index in [9.17, 15) is 24.2 Å². The molecule has 0 aromatic heterocycles. The maximum atomic E-state index is 12.0. The van der Waals surface area contributed by atoms with E-state index in [0.717, 1.165) is 77.0 Å². The summed E-state index contributed by atoms with van der Waals surface area (Å²) in [6.07, 6.45) is 33.3. The molecule has 3 N–H and O–H groups in total. The summed E-state index contributed by atoms with van der Waals surface area (Å²) in [5, 5.41) is 12.6. The normalized spacial score (nSPS) is 14.1. The molecule has 2 unspecified atom stereocenters. The number of esters is 1. The van der Waals surface area contributed by atoms with Crippen molar-refractivity contribution in [1.29, 1.82) is 0 Å². The van der Waals surface area contributed by atoms with Crippen LogP contribution in [0.3, 0.4) is 0 Å². The summed E-state index contributed by atoms with van der Waals surface area (Å²) in [7, 11) is -4.41. The second-order valence-corrected chi connectivity index (χ2v) is 12.6. The van der Waals surface area contributed by atoms with Crippen molar-refractivity contribution in [3.63, 3.8) is 0 Å². The second-order valence-electron chi connectivity index (χ2n) is 11.1. The van der Waals surface area contributed by atoms with Gasteiger partial charge >= 0.3 is 13.8 Å². The molecule has 10 heteroatoms. The van der Waals surface area contributed by atoms with Gasteiger partial charge in [0.2, 0.25) is 5.91 Å². The standard InChI is InChI=1S/C35H62NO8P/c1-3-5-7-9-11-13-15-16-18-20-22-24-26-28-35(39)42-31-33(37)32-44-45(40,41)43-30-29-36-34(38)27-25-23-21-19-17-14-12-10-8-6-4-2/h5,7,10-13,16,18,33,37H,3-4,6,8-9,14-15,17,19-32H2,1-2H3,(H,36,38)(H,40,41)/b7-5-,12-10-,13-11-,18-16-. The zero-order valence-corrected chi connectivity index (χ0v) is 28.9. The molecule has 0 rings (SSSR count). The van der Waals surface area contributed by atoms with Gasteiger partial charge in [0.05, 0.1) is 13.2 Å². The molecule has 1 amide bonds. The van der Waals surface area contributed by atoms with Gasteiger partial charge in [-0.3, -0.25) is 18.6 Å². The highest BCUT2D eigenvalue weighted by molar-refractivity contribution is 7.47. The summed E-state index contributed by atoms with van der Waals surface area (Å²) >= 11 is 0. The third kappa shape index (κ3) is 33.2. The Labute approximate surface area is 273 Å². The molecular weight excluding hydrogens is 593 g/mol. The smallest absolute Gasteiger partial charge is 0.463 e. The molecule has 260 valence electrons. The minimum absolute atomic E-state index is 0.0715. The average Bonchev–Trinajstić information content (AvgIpc) is 3.02. The Morgan fingerprint density at radius 3 is 1.96 bits per heavy atom. The van der Waals surface area contributed by atoms with Crippen LogP contribution in [0.4, 0.5) is 0 Å². The highest BCUT2D eigenvalue weighted by Gasteiger charge is 2.23. The molecule has 2 atom stereocenters. The number of amides is 1. The van der Waals surface area contributed by atoms with Gasteiger partial charge in [-0.1, -0.05) is 101 Å². The molecule has 9 nitrogen and oxygen atoms in total. The molecular formula is C35H62NO8P. The first-order valence-corrected chi connectivity index (χ1v) is 18.6. The SMILES string of the molecule is CC/C=C\C/C=C\C/C=C\CCCCCC(=O)OCC(O)COP(=O)(O)OCCNC(=O)CCCCCCC/C=C\CCCC. The number of ether oxygens (including phenoxy) is 1. The molecule has 0 aliphatic rings. The van der Waals surface area contributed by atoms with Crippen molar-refractivity contribution < 1.29 is 37.9 Å². The van der Waals surface area contributed by atoms with Crippen molar-refractivity contribution in [2.45, 2.75) is 136 Å². The molecule has 0 aromatic rings. The quantitative estimate of drug-likeness (QED) is 0.0294. The van der Waals surface area contributed by atoms with Gasteiger partial charge in [0.15, 0.2) is 0 Å². The number of allylic oxidation sites excluding steroid dienone is 8. The van der Waals surface area contributed by atoms with Gasteiger partial charge in [-0.2, -0.15) is 0 Å². The molecule has 0 fully saturated rings. The van der Waals surface area contributed by atoms with Crippen LogP contribution in [0.25, 0.3) is 0 Å². The summed E-state index contributed by atoms with van der Waals surface area (Å²) in [6, 6.07) is 0. The van der Waals surface area contributed by atoms with Gasteiger partial charge in [0.25, 0.3) is 0 Å². The van der Waals surface area contributed by atoms with Crippen molar-refractivity contribution in [1.82, 2.24) is 5.32 Å². The van der Waals surface area contributed by atoms with E-state index >= 15 is 0 Å². The van der Waals surface area contributed by atoms with E-state index in [1.54, 1.807) is 0 Å². The predicted molar refractivity (Wildman–Crippen MR) is 183 cm³/mol. The van der Waals surface area contributed by atoms with E-state index in [1.807, 2.05) is 0 Å². The lowest BCUT2D eigenvalue weighted by molar-refractivity contribution is -0.147. The van der Waals surface area contributed by atoms with Crippen LogP contribution >= 0.6 is 7.82 Å². The van der Waals surface area contributed by atoms with Crippen LogP contribution in [0.1, 0.15) is 129 Å². The van der Waals surface area contributed by atoms with E-state index in [1.165, 1.54) is 19.3 Å². The fourth-order valence-corrected chi connectivity index (χ4v) is 4.89. The second kappa shape index (κ2) is 31.9. The van der Waals surface area contributed by atoms with Gasteiger partial charge < -0.3 is 20.1 Å². The molecule has 0 heterocycles. The molecule has 0 aliphatic heterocycles. The fraction of sp³-hybridized carbons (Fsp3) is 0.714. The highest BCUT2D eigenvalue weighted by atomic mass is 31.2. The number of aliphatic hydroxyl groups is 1. The largest absolute Gasteiger partial charge is 0.472 e. The number of unbranched alkanes of at least 4 members (excludes halogenated alkanes) is 10. The number of phosphoric acid groups is 1. The van der Waals surface area contributed by atoms with E-state index in [2.05, 4.69) is 67.8 Å². The Morgan fingerprint density at radius 1 is 0.711 bits per heavy atom. The number of aliphatic hydroxyl groups excluding tert-OH is 1. The molecule has 0 saturated heterocycles. The summed E-state index contributed by atoms with van der Waals surface area (Å²) < 4.78 is 26.6. The van der Waals surface area contributed by atoms with Crippen molar-refractivity contribution in [3.8, 4) is 0 Å². The van der Waals surface area contributed by atoms with Crippen LogP contribution in [-0.2, 0) is 27.9 Å². The molecule has 0 saturated carbocycles. The Bertz CT molecular complexity index is 887. The number of nitrogens with one attached hydrogen (secondary N) is 1. The van der Waals surface area contributed by atoms with E-state index in [-0.39, 0.29) is 32.1 Å². The van der Waals surface area contributed by atoms with Gasteiger partial charge in [0.1, 0.15) is 12.7 Å². The Morgan fingerprint density at radius 2 is 1.27 bits per heavy atom. The van der Waals surface area contributed by atoms with Crippen LogP contribution in [0.2, 0.25) is 0 Å². The zero-order chi connectivity index (χ0) is 33.3. The predicted octanol–water partition coefficient (Wildman–Crippen LogP) is 8.43. The monoisotopic (exact) mass is 655 g/mol. The van der Waals surface area contributed by atoms with Crippen molar-refractivity contribution in [3.05, 3.63) is 48.6 Å². The third-order valence-corrected chi connectivity index (χ3v) is 7.73. The number of hydrogen-bond donors (Lipinski definition) is 3. The summed E-state index contributed by atoms with van der Waals surface area (Å²) in [5.74, 6) is -0.563. The van der Waals surface area contributed by atoms with Crippen LogP contribution in [0, 0.1) is 0 Å². The lowest BCUT2D eigenvalue weighted by atomic mass is 10.1. The molecule has 0 radical (unpaired) electrons. The maximum Gasteiger partial charge on any atom is 0.472 e. The van der Waals surface area contributed by atoms with Crippen LogP contribution in [0.5, 0.6) is 0 Å². The minimum Gasteiger partial charge on any atom is -0.463 e. The number of hydrogen-bond acceptors (Lipinski definition) is 7. The molecule has 0 bridgehead atoms. The van der Waals surface area contributed by atoms with Gasteiger partial charge in [-0.15, -0.1) is 0 Å². The van der Waals surface area contributed by atoms with Crippen molar-refractivity contribution in [2.75, 3.05) is 26.4 Å². The summed E-state index contributed by atoms with van der Waals surface area (Å²) in [6.45, 7) is 3.31. The van der Waals surface area contributed by atoms with E-state index in [0.29, 0.717) is 12.8 Å². The summed E-state index contributed by atoms with van der Waals surface area (Å²) in [4.78, 5) is 33.6. The van der Waals surface area contributed by atoms with Crippen LogP contribution < -0.4 is 5.32 Å². The van der Waals surface area contributed by atoms with Crippen LogP contribution in [-0.4, -0.2) is 54.3 Å². The molecule has 0 aliphatic carbocycles. The topological polar surface area (TPSA) is 131 Å². The fourth-order valence-electron chi connectivity index (χ4n) is 4.14. The Kier molecular flexibility index (Phi) is 30.5. The van der Waals surface area contributed by atoms with Gasteiger partial charge in [0, 0.05) is 19.4 Å². The molecule has 0 aromatic carbocycles. The lowest BCUT2D eigenvalue weighted by Gasteiger charge is -2.15. The van der Waals surface area contributed by atoms with Crippen molar-refractivity contribution in [2.24, 2.45) is 0 Å². The first-order chi connectivity index (χ1) is 21.8. The lowest BCUT2D eigenvalue weighted by Crippen LogP contribution is -2.27. The first kappa shape index (κ1) is 43.0. The van der Waals surface area contributed by atoms with E-state index < -0.39 is 26.5 Å². The number of rotatable bonds is 31. The first-order valence-electron chi connectivity index (χ1n) is 17.1. The van der Waals surface area contributed by atoms with Crippen LogP contribution in [0.15, 0.2) is 48.6 Å². The third-order valence-electron chi connectivity index (χ3n) is 6.74. The number of phosphoric ester groups is 1. The van der Waals surface area contributed by atoms with Crippen molar-refractivity contribution >= 4 is 19.7 Å². The number of carbonyl (C=O) groups excluding carboxylic acids is 2.